The lowest BCUT2D eigenvalue weighted by Gasteiger charge is -2.44. The molecule has 0 saturated carbocycles. The van der Waals surface area contributed by atoms with Crippen LogP contribution in [0.3, 0.4) is 0 Å². The molecule has 164 valence electrons. The van der Waals surface area contributed by atoms with Crippen LogP contribution in [0.4, 0.5) is 0 Å². The van der Waals surface area contributed by atoms with Gasteiger partial charge in [0.1, 0.15) is 5.41 Å². The number of hydrogen-bond donors (Lipinski definition) is 2. The molecular weight excluding hydrogens is 432 g/mol. The number of hydrogen-bond acceptors (Lipinski definition) is 5. The van der Waals surface area contributed by atoms with E-state index in [2.05, 4.69) is 52.0 Å². The fourth-order valence-electron chi connectivity index (χ4n) is 4.26. The van der Waals surface area contributed by atoms with Crippen molar-refractivity contribution in [1.82, 2.24) is 0 Å². The van der Waals surface area contributed by atoms with Crippen molar-refractivity contribution in [3.63, 3.8) is 0 Å². The minimum absolute atomic E-state index is 0.0728. The monoisotopic (exact) mass is 460 g/mol. The summed E-state index contributed by atoms with van der Waals surface area (Å²) in [5.41, 5.74) is 15.9. The Labute approximate surface area is 200 Å². The smallest absolute Gasteiger partial charge is 0.135 e. The Bertz CT molecular complexity index is 1120. The number of nitriles is 2. The number of nitrogens with zero attached hydrogens (tertiary/aromatic N) is 2. The van der Waals surface area contributed by atoms with Gasteiger partial charge in [-0.3, -0.25) is 0 Å². The molecule has 6 heteroatoms. The second-order valence-corrected chi connectivity index (χ2v) is 10.4. The van der Waals surface area contributed by atoms with Crippen molar-refractivity contribution in [1.29, 1.82) is 10.5 Å². The first-order chi connectivity index (χ1) is 15.2. The molecule has 4 nitrogen and oxygen atoms in total. The van der Waals surface area contributed by atoms with E-state index < -0.39 is 16.6 Å². The van der Waals surface area contributed by atoms with Gasteiger partial charge in [-0.15, -0.1) is 0 Å². The molecule has 3 atom stereocenters. The molecule has 0 spiro atoms. The number of allylic oxidation sites excluding steroid dienone is 1. The van der Waals surface area contributed by atoms with Gasteiger partial charge in [0.05, 0.1) is 33.0 Å². The van der Waals surface area contributed by atoms with Gasteiger partial charge in [0.15, 0.2) is 0 Å². The lowest BCUT2D eigenvalue weighted by Crippen LogP contribution is -2.47. The molecule has 0 saturated heterocycles. The SMILES string of the molecule is CC(C)c1ccc(C2SC(N)=C(C#N)C(c3ccc(C(C)C)cc3)C2(C#N)C(N)=S)cc1. The topological polar surface area (TPSA) is 99.6 Å². The van der Waals surface area contributed by atoms with Gasteiger partial charge in [-0.2, -0.15) is 10.5 Å². The van der Waals surface area contributed by atoms with Crippen LogP contribution in [0.25, 0.3) is 0 Å². The van der Waals surface area contributed by atoms with E-state index in [1.54, 1.807) is 0 Å². The molecule has 2 aromatic carbocycles. The van der Waals surface area contributed by atoms with Crippen LogP contribution in [0.1, 0.15) is 73.0 Å². The summed E-state index contributed by atoms with van der Waals surface area (Å²) in [6.45, 7) is 8.51. The standard InChI is InChI=1S/C26H28N4S2/c1-15(2)17-5-9-19(10-6-17)22-21(13-27)24(29)32-23(26(22,14-28)25(30)31)20-11-7-18(8-12-20)16(3)4/h5-12,15-16,22-23H,29H2,1-4H3,(H2,30,31). The van der Waals surface area contributed by atoms with Crippen molar-refractivity contribution in [2.75, 3.05) is 0 Å². The molecule has 0 amide bonds. The van der Waals surface area contributed by atoms with Crippen LogP contribution in [-0.4, -0.2) is 4.99 Å². The van der Waals surface area contributed by atoms with Gasteiger partial charge in [-0.1, -0.05) is 100 Å². The summed E-state index contributed by atoms with van der Waals surface area (Å²) in [7, 11) is 0. The maximum absolute atomic E-state index is 10.6. The quantitative estimate of drug-likeness (QED) is 0.531. The van der Waals surface area contributed by atoms with E-state index in [9.17, 15) is 10.5 Å². The van der Waals surface area contributed by atoms with E-state index in [4.69, 9.17) is 23.7 Å². The van der Waals surface area contributed by atoms with Gasteiger partial charge < -0.3 is 11.5 Å². The first-order valence-corrected chi connectivity index (χ1v) is 11.9. The Morgan fingerprint density at radius 3 is 1.78 bits per heavy atom. The number of benzene rings is 2. The van der Waals surface area contributed by atoms with Crippen LogP contribution in [0, 0.1) is 28.1 Å². The molecular formula is C26H28N4S2. The number of rotatable bonds is 5. The molecule has 3 rings (SSSR count). The first kappa shape index (κ1) is 23.9. The summed E-state index contributed by atoms with van der Waals surface area (Å²) in [5.74, 6) is 0.111. The highest BCUT2D eigenvalue weighted by Gasteiger charge is 2.55. The molecule has 0 aliphatic carbocycles. The van der Waals surface area contributed by atoms with Gasteiger partial charge in [0.2, 0.25) is 0 Å². The van der Waals surface area contributed by atoms with Crippen molar-refractivity contribution < 1.29 is 0 Å². The van der Waals surface area contributed by atoms with Crippen molar-refractivity contribution >= 4 is 29.0 Å². The first-order valence-electron chi connectivity index (χ1n) is 10.6. The van der Waals surface area contributed by atoms with Gasteiger partial charge in [-0.25, -0.2) is 0 Å². The number of thiocarbonyl (C=S) groups is 1. The fourth-order valence-corrected chi connectivity index (χ4v) is 5.96. The molecule has 1 aliphatic rings. The maximum Gasteiger partial charge on any atom is 0.135 e. The van der Waals surface area contributed by atoms with Gasteiger partial charge in [0.25, 0.3) is 0 Å². The lowest BCUT2D eigenvalue weighted by molar-refractivity contribution is 0.462. The van der Waals surface area contributed by atoms with Crippen LogP contribution in [0.15, 0.2) is 59.1 Å². The second-order valence-electron chi connectivity index (χ2n) is 8.81. The summed E-state index contributed by atoms with van der Waals surface area (Å²) >= 11 is 6.82. The highest BCUT2D eigenvalue weighted by molar-refractivity contribution is 8.03. The normalized spacial score (nSPS) is 23.1. The highest BCUT2D eigenvalue weighted by atomic mass is 32.2. The second kappa shape index (κ2) is 9.36. The zero-order valence-electron chi connectivity index (χ0n) is 18.8. The molecule has 4 N–H and O–H groups in total. The average molecular weight is 461 g/mol. The Morgan fingerprint density at radius 2 is 1.41 bits per heavy atom. The average Bonchev–Trinajstić information content (AvgIpc) is 2.78. The third-order valence-electron chi connectivity index (χ3n) is 6.22. The molecule has 2 aromatic rings. The Morgan fingerprint density at radius 1 is 0.938 bits per heavy atom. The van der Waals surface area contributed by atoms with Crippen molar-refractivity contribution in [2.24, 2.45) is 16.9 Å². The van der Waals surface area contributed by atoms with Crippen LogP contribution in [0.2, 0.25) is 0 Å². The van der Waals surface area contributed by atoms with Gasteiger partial charge in [-0.05, 0) is 34.1 Å². The molecule has 32 heavy (non-hydrogen) atoms. The van der Waals surface area contributed by atoms with Crippen molar-refractivity contribution in [2.45, 2.75) is 50.7 Å². The minimum atomic E-state index is -1.30. The third kappa shape index (κ3) is 4.01. The van der Waals surface area contributed by atoms with Crippen LogP contribution in [0.5, 0.6) is 0 Å². The van der Waals surface area contributed by atoms with E-state index in [0.29, 0.717) is 22.4 Å². The van der Waals surface area contributed by atoms with Crippen LogP contribution < -0.4 is 11.5 Å². The van der Waals surface area contributed by atoms with Crippen LogP contribution in [-0.2, 0) is 0 Å². The van der Waals surface area contributed by atoms with Crippen molar-refractivity contribution in [3.8, 4) is 12.1 Å². The lowest BCUT2D eigenvalue weighted by atomic mass is 9.65. The maximum atomic E-state index is 10.6. The molecule has 0 aromatic heterocycles. The van der Waals surface area contributed by atoms with E-state index >= 15 is 0 Å². The Kier molecular flexibility index (Phi) is 6.98. The summed E-state index contributed by atoms with van der Waals surface area (Å²) in [6.07, 6.45) is 0. The molecule has 1 heterocycles. The van der Waals surface area contributed by atoms with Crippen LogP contribution >= 0.6 is 24.0 Å². The minimum Gasteiger partial charge on any atom is -0.393 e. The third-order valence-corrected chi connectivity index (χ3v) is 7.91. The summed E-state index contributed by atoms with van der Waals surface area (Å²) in [5, 5.41) is 20.5. The predicted molar refractivity (Wildman–Crippen MR) is 136 cm³/mol. The Balaban J connectivity index is 2.25. The molecule has 0 fully saturated rings. The zero-order valence-corrected chi connectivity index (χ0v) is 20.4. The molecule has 3 unspecified atom stereocenters. The van der Waals surface area contributed by atoms with E-state index in [1.165, 1.54) is 22.9 Å². The number of nitrogens with two attached hydrogens (primary N) is 2. The van der Waals surface area contributed by atoms with Gasteiger partial charge >= 0.3 is 0 Å². The molecule has 0 radical (unpaired) electrons. The summed E-state index contributed by atoms with van der Waals surface area (Å²) in [6, 6.07) is 20.8. The van der Waals surface area contributed by atoms with Crippen molar-refractivity contribution in [3.05, 3.63) is 81.4 Å². The zero-order chi connectivity index (χ0) is 23.6. The van der Waals surface area contributed by atoms with E-state index in [-0.39, 0.29) is 4.99 Å². The molecule has 0 bridgehead atoms. The predicted octanol–water partition coefficient (Wildman–Crippen LogP) is 6.00. The van der Waals surface area contributed by atoms with E-state index in [0.717, 1.165) is 11.1 Å². The fraction of sp³-hybridized carbons (Fsp3) is 0.346. The Hall–Kier alpha value is -2.80. The van der Waals surface area contributed by atoms with Gasteiger partial charge in [0, 0.05) is 5.92 Å². The summed E-state index contributed by atoms with van der Waals surface area (Å²) in [4.78, 5) is 0.0728. The summed E-state index contributed by atoms with van der Waals surface area (Å²) < 4.78 is 0. The largest absolute Gasteiger partial charge is 0.393 e. The number of thioether (sulfide) groups is 1. The molecule has 1 aliphatic heterocycles. The highest BCUT2D eigenvalue weighted by Crippen LogP contribution is 2.60. The van der Waals surface area contributed by atoms with E-state index in [1.807, 2.05) is 36.4 Å².